The van der Waals surface area contributed by atoms with Crippen LogP contribution < -0.4 is 5.73 Å². The maximum atomic E-state index is 9.23. The fraction of sp³-hybridized carbons (Fsp3) is 0.444. The van der Waals surface area contributed by atoms with Gasteiger partial charge in [-0.1, -0.05) is 0 Å². The first kappa shape index (κ1) is 10.2. The van der Waals surface area contributed by atoms with E-state index >= 15 is 0 Å². The fourth-order valence-corrected chi connectivity index (χ4v) is 1.89. The summed E-state index contributed by atoms with van der Waals surface area (Å²) >= 11 is 1.51. The molecule has 0 aromatic carbocycles. The lowest BCUT2D eigenvalue weighted by molar-refractivity contribution is 0.164. The van der Waals surface area contributed by atoms with Crippen LogP contribution >= 0.6 is 11.3 Å². The van der Waals surface area contributed by atoms with E-state index in [1.165, 1.54) is 11.3 Å². The summed E-state index contributed by atoms with van der Waals surface area (Å²) in [6.07, 6.45) is -0.137. The van der Waals surface area contributed by atoms with E-state index < -0.39 is 6.10 Å². The van der Waals surface area contributed by atoms with E-state index in [0.717, 1.165) is 10.4 Å². The molecule has 1 heterocycles. The summed E-state index contributed by atoms with van der Waals surface area (Å²) in [6.45, 7) is 1.66. The van der Waals surface area contributed by atoms with Crippen LogP contribution in [-0.2, 0) is 6.42 Å². The molecule has 0 aliphatic carbocycles. The second kappa shape index (κ2) is 4.38. The Labute approximate surface area is 81.4 Å². The Morgan fingerprint density at radius 1 is 1.77 bits per heavy atom. The summed E-state index contributed by atoms with van der Waals surface area (Å²) in [5.41, 5.74) is 6.63. The molecule has 1 aromatic heterocycles. The second-order valence-electron chi connectivity index (χ2n) is 2.95. The van der Waals surface area contributed by atoms with Gasteiger partial charge in [0.05, 0.1) is 24.6 Å². The average Bonchev–Trinajstić information content (AvgIpc) is 2.52. The second-order valence-corrected chi connectivity index (χ2v) is 3.94. The van der Waals surface area contributed by atoms with Crippen LogP contribution in [0.15, 0.2) is 11.4 Å². The number of hydrogen-bond acceptors (Lipinski definition) is 4. The highest BCUT2D eigenvalue weighted by molar-refractivity contribution is 7.10. The minimum absolute atomic E-state index is 0.344. The van der Waals surface area contributed by atoms with E-state index in [9.17, 15) is 5.11 Å². The van der Waals surface area contributed by atoms with Crippen LogP contribution in [0.2, 0.25) is 0 Å². The molecule has 2 atom stereocenters. The molecule has 0 aliphatic heterocycles. The number of nitriles is 1. The standard InChI is InChI=1S/C9H12N2OS/c1-6(12)9(11)7-4-8(2-3-10)13-5-7/h4-6,9,12H,2,11H2,1H3/t6-,9-/m0/s1. The van der Waals surface area contributed by atoms with Gasteiger partial charge in [-0.25, -0.2) is 0 Å². The Morgan fingerprint density at radius 3 is 3.00 bits per heavy atom. The van der Waals surface area contributed by atoms with Crippen LogP contribution in [0.5, 0.6) is 0 Å². The molecule has 0 spiro atoms. The van der Waals surface area contributed by atoms with Crippen LogP contribution in [0.4, 0.5) is 0 Å². The summed E-state index contributed by atoms with van der Waals surface area (Å²) < 4.78 is 0. The molecule has 1 rings (SSSR count). The zero-order chi connectivity index (χ0) is 9.84. The number of hydrogen-bond donors (Lipinski definition) is 2. The van der Waals surface area contributed by atoms with Crippen molar-refractivity contribution in [1.82, 2.24) is 0 Å². The zero-order valence-electron chi connectivity index (χ0n) is 7.40. The number of aliphatic hydroxyl groups excluding tert-OH is 1. The first-order valence-corrected chi connectivity index (χ1v) is 4.91. The van der Waals surface area contributed by atoms with E-state index in [1.807, 2.05) is 11.4 Å². The first-order chi connectivity index (χ1) is 6.15. The van der Waals surface area contributed by atoms with E-state index in [-0.39, 0.29) is 6.04 Å². The topological polar surface area (TPSA) is 70.0 Å². The van der Waals surface area contributed by atoms with Crippen LogP contribution in [0, 0.1) is 11.3 Å². The monoisotopic (exact) mass is 196 g/mol. The van der Waals surface area contributed by atoms with E-state index in [0.29, 0.717) is 6.42 Å². The predicted octanol–water partition coefficient (Wildman–Crippen LogP) is 1.19. The fourth-order valence-electron chi connectivity index (χ4n) is 1.02. The molecule has 0 saturated carbocycles. The Hall–Kier alpha value is -0.890. The molecule has 3 N–H and O–H groups in total. The van der Waals surface area contributed by atoms with Gasteiger partial charge >= 0.3 is 0 Å². The quantitative estimate of drug-likeness (QED) is 0.763. The summed E-state index contributed by atoms with van der Waals surface area (Å²) in [6, 6.07) is 3.61. The number of nitrogens with two attached hydrogens (primary N) is 1. The van der Waals surface area contributed by atoms with Crippen molar-refractivity contribution in [1.29, 1.82) is 5.26 Å². The lowest BCUT2D eigenvalue weighted by Crippen LogP contribution is -2.22. The molecule has 1 aromatic rings. The van der Waals surface area contributed by atoms with Gasteiger partial charge in [0.15, 0.2) is 0 Å². The molecule has 3 nitrogen and oxygen atoms in total. The minimum atomic E-state index is -0.551. The Bertz CT molecular complexity index is 314. The smallest absolute Gasteiger partial charge is 0.0705 e. The third kappa shape index (κ3) is 2.52. The molecular formula is C9H12N2OS. The van der Waals surface area contributed by atoms with E-state index in [1.54, 1.807) is 6.92 Å². The summed E-state index contributed by atoms with van der Waals surface area (Å²) in [5, 5.41) is 19.6. The van der Waals surface area contributed by atoms with Crippen molar-refractivity contribution >= 4 is 11.3 Å². The van der Waals surface area contributed by atoms with Crippen molar-refractivity contribution in [2.24, 2.45) is 5.73 Å². The molecule has 0 radical (unpaired) electrons. The largest absolute Gasteiger partial charge is 0.391 e. The van der Waals surface area contributed by atoms with Gasteiger partial charge in [-0.05, 0) is 23.9 Å². The van der Waals surface area contributed by atoms with Gasteiger partial charge in [-0.2, -0.15) is 5.26 Å². The summed E-state index contributed by atoms with van der Waals surface area (Å²) in [5.74, 6) is 0. The maximum absolute atomic E-state index is 9.23. The zero-order valence-corrected chi connectivity index (χ0v) is 8.21. The Kier molecular flexibility index (Phi) is 3.43. The molecule has 13 heavy (non-hydrogen) atoms. The van der Waals surface area contributed by atoms with Crippen molar-refractivity contribution in [3.05, 3.63) is 21.9 Å². The van der Waals surface area contributed by atoms with Crippen molar-refractivity contribution in [3.8, 4) is 6.07 Å². The van der Waals surface area contributed by atoms with Gasteiger partial charge in [-0.3, -0.25) is 0 Å². The lowest BCUT2D eigenvalue weighted by atomic mass is 10.1. The molecule has 0 amide bonds. The normalized spacial score (nSPS) is 14.9. The van der Waals surface area contributed by atoms with Crippen LogP contribution in [-0.4, -0.2) is 11.2 Å². The predicted molar refractivity (Wildman–Crippen MR) is 52.2 cm³/mol. The van der Waals surface area contributed by atoms with Gasteiger partial charge in [-0.15, -0.1) is 11.3 Å². The summed E-state index contributed by atoms with van der Waals surface area (Å²) in [4.78, 5) is 0.994. The van der Waals surface area contributed by atoms with Gasteiger partial charge in [0.25, 0.3) is 0 Å². The summed E-state index contributed by atoms with van der Waals surface area (Å²) in [7, 11) is 0. The lowest BCUT2D eigenvalue weighted by Gasteiger charge is -2.12. The van der Waals surface area contributed by atoms with Gasteiger partial charge in [0.2, 0.25) is 0 Å². The highest BCUT2D eigenvalue weighted by Gasteiger charge is 2.13. The Balaban J connectivity index is 2.74. The van der Waals surface area contributed by atoms with Crippen LogP contribution in [0.1, 0.15) is 23.4 Å². The molecular weight excluding hydrogens is 184 g/mol. The van der Waals surface area contributed by atoms with Gasteiger partial charge in [0, 0.05) is 4.88 Å². The van der Waals surface area contributed by atoms with E-state index in [4.69, 9.17) is 11.0 Å². The number of thiophene rings is 1. The average molecular weight is 196 g/mol. The SMILES string of the molecule is C[C@H](O)[C@H](N)c1csc(CC#N)c1. The Morgan fingerprint density at radius 2 is 2.46 bits per heavy atom. The molecule has 70 valence electrons. The highest BCUT2D eigenvalue weighted by atomic mass is 32.1. The maximum Gasteiger partial charge on any atom is 0.0705 e. The van der Waals surface area contributed by atoms with E-state index in [2.05, 4.69) is 6.07 Å². The molecule has 0 aliphatic rings. The number of nitrogens with zero attached hydrogens (tertiary/aromatic N) is 1. The van der Waals surface area contributed by atoms with Gasteiger partial charge in [0.1, 0.15) is 0 Å². The molecule has 4 heteroatoms. The molecule has 0 bridgehead atoms. The van der Waals surface area contributed by atoms with Crippen LogP contribution in [0.3, 0.4) is 0 Å². The van der Waals surface area contributed by atoms with Crippen LogP contribution in [0.25, 0.3) is 0 Å². The molecule has 0 fully saturated rings. The van der Waals surface area contributed by atoms with Crippen molar-refractivity contribution in [3.63, 3.8) is 0 Å². The van der Waals surface area contributed by atoms with Crippen molar-refractivity contribution < 1.29 is 5.11 Å². The number of rotatable bonds is 3. The number of aliphatic hydroxyl groups is 1. The molecule has 0 saturated heterocycles. The third-order valence-corrected chi connectivity index (χ3v) is 2.79. The highest BCUT2D eigenvalue weighted by Crippen LogP contribution is 2.21. The van der Waals surface area contributed by atoms with Crippen molar-refractivity contribution in [2.45, 2.75) is 25.5 Å². The van der Waals surface area contributed by atoms with Crippen molar-refractivity contribution in [2.75, 3.05) is 0 Å². The molecule has 0 unspecified atom stereocenters. The first-order valence-electron chi connectivity index (χ1n) is 4.03. The minimum Gasteiger partial charge on any atom is -0.391 e. The third-order valence-electron chi connectivity index (χ3n) is 1.83. The van der Waals surface area contributed by atoms with Gasteiger partial charge < -0.3 is 10.8 Å².